The average molecular weight is 586 g/mol. The van der Waals surface area contributed by atoms with E-state index in [0.717, 1.165) is 28.0 Å². The van der Waals surface area contributed by atoms with Gasteiger partial charge in [0.05, 0.1) is 19.6 Å². The first-order valence-corrected chi connectivity index (χ1v) is 14.0. The first-order chi connectivity index (χ1) is 20.0. The molecule has 9 heteroatoms. The van der Waals surface area contributed by atoms with Gasteiger partial charge in [-0.25, -0.2) is 0 Å². The number of benzene rings is 3. The molecule has 226 valence electrons. The Bertz CT molecular complexity index is 1340. The smallest absolute Gasteiger partial charge is 0.389 e. The van der Waals surface area contributed by atoms with Crippen LogP contribution in [0.15, 0.2) is 66.7 Å². The van der Waals surface area contributed by atoms with E-state index in [9.17, 15) is 27.9 Å². The Kier molecular flexibility index (Phi) is 11.8. The third-order valence-corrected chi connectivity index (χ3v) is 7.08. The Hall–Kier alpha value is -4.01. The van der Waals surface area contributed by atoms with Crippen LogP contribution in [0.3, 0.4) is 0 Å². The molecule has 0 saturated carbocycles. The number of aliphatic carboxylic acids is 1. The number of alkyl halides is 3. The monoisotopic (exact) mass is 585 g/mol. The Balaban J connectivity index is 1.75. The molecule has 1 unspecified atom stereocenters. The zero-order chi connectivity index (χ0) is 30.7. The van der Waals surface area contributed by atoms with Gasteiger partial charge >= 0.3 is 12.1 Å². The van der Waals surface area contributed by atoms with Gasteiger partial charge in [-0.3, -0.25) is 9.59 Å². The van der Waals surface area contributed by atoms with Gasteiger partial charge in [0.15, 0.2) is 0 Å². The minimum absolute atomic E-state index is 0.00910. The average Bonchev–Trinajstić information content (AvgIpc) is 2.96. The maximum Gasteiger partial charge on any atom is 0.389 e. The van der Waals surface area contributed by atoms with Gasteiger partial charge in [0.25, 0.3) is 0 Å². The molecule has 0 radical (unpaired) electrons. The zero-order valence-electron chi connectivity index (χ0n) is 24.2. The van der Waals surface area contributed by atoms with Crippen LogP contribution in [0.1, 0.15) is 49.3 Å². The van der Waals surface area contributed by atoms with Crippen LogP contribution in [0.4, 0.5) is 13.2 Å². The number of amides is 1. The number of aryl methyl sites for hydroxylation is 1. The van der Waals surface area contributed by atoms with Gasteiger partial charge < -0.3 is 19.5 Å². The van der Waals surface area contributed by atoms with Crippen LogP contribution in [-0.2, 0) is 29.0 Å². The molecule has 1 atom stereocenters. The zero-order valence-corrected chi connectivity index (χ0v) is 24.2. The van der Waals surface area contributed by atoms with E-state index in [1.54, 1.807) is 32.0 Å². The van der Waals surface area contributed by atoms with Gasteiger partial charge in [0, 0.05) is 32.0 Å². The minimum Gasteiger partial charge on any atom is -0.497 e. The molecule has 42 heavy (non-hydrogen) atoms. The number of nitrogens with zero attached hydrogens (tertiary/aromatic N) is 1. The predicted molar refractivity (Wildman–Crippen MR) is 156 cm³/mol. The van der Waals surface area contributed by atoms with Crippen LogP contribution in [0, 0.1) is 5.92 Å². The summed E-state index contributed by atoms with van der Waals surface area (Å²) >= 11 is 0. The van der Waals surface area contributed by atoms with Crippen LogP contribution in [0.5, 0.6) is 11.5 Å². The highest BCUT2D eigenvalue weighted by atomic mass is 19.4. The molecule has 0 aliphatic heterocycles. The summed E-state index contributed by atoms with van der Waals surface area (Å²) in [7, 11) is 3.35. The largest absolute Gasteiger partial charge is 0.497 e. The van der Waals surface area contributed by atoms with Crippen LogP contribution in [-0.4, -0.2) is 48.8 Å². The number of methoxy groups -OCH3 is 1. The lowest BCUT2D eigenvalue weighted by Gasteiger charge is -2.19. The van der Waals surface area contributed by atoms with E-state index in [0.29, 0.717) is 37.1 Å². The molecular weight excluding hydrogens is 547 g/mol. The van der Waals surface area contributed by atoms with Gasteiger partial charge in [0.1, 0.15) is 11.5 Å². The second-order valence-corrected chi connectivity index (χ2v) is 10.3. The Morgan fingerprint density at radius 1 is 0.976 bits per heavy atom. The van der Waals surface area contributed by atoms with Crippen molar-refractivity contribution in [3.8, 4) is 22.6 Å². The Labute approximate surface area is 245 Å². The summed E-state index contributed by atoms with van der Waals surface area (Å²) in [6.07, 6.45) is -3.75. The molecule has 0 spiro atoms. The van der Waals surface area contributed by atoms with Crippen molar-refractivity contribution in [2.75, 3.05) is 20.8 Å². The fraction of sp³-hybridized carbons (Fsp3) is 0.394. The van der Waals surface area contributed by atoms with Gasteiger partial charge in [-0.15, -0.1) is 0 Å². The van der Waals surface area contributed by atoms with E-state index in [4.69, 9.17) is 9.47 Å². The molecule has 0 heterocycles. The van der Waals surface area contributed by atoms with Crippen molar-refractivity contribution < 1.29 is 37.3 Å². The molecule has 0 aliphatic carbocycles. The van der Waals surface area contributed by atoms with Gasteiger partial charge in [0.2, 0.25) is 5.91 Å². The third-order valence-electron chi connectivity index (χ3n) is 7.08. The number of ether oxygens (including phenoxy) is 2. The number of halogens is 3. The van der Waals surface area contributed by atoms with Crippen molar-refractivity contribution in [1.29, 1.82) is 0 Å². The molecule has 0 saturated heterocycles. The summed E-state index contributed by atoms with van der Waals surface area (Å²) in [6.45, 7) is 2.05. The van der Waals surface area contributed by atoms with Crippen LogP contribution in [0.2, 0.25) is 0 Å². The Morgan fingerprint density at radius 3 is 2.40 bits per heavy atom. The molecule has 1 amide bonds. The van der Waals surface area contributed by atoms with Crippen molar-refractivity contribution in [3.05, 3.63) is 83.4 Å². The molecule has 0 bridgehead atoms. The van der Waals surface area contributed by atoms with Crippen molar-refractivity contribution in [2.45, 2.75) is 58.2 Å². The number of carbonyl (C=O) groups is 2. The van der Waals surface area contributed by atoms with E-state index in [2.05, 4.69) is 0 Å². The normalized spacial score (nSPS) is 12.0. The maximum atomic E-state index is 12.9. The van der Waals surface area contributed by atoms with E-state index in [-0.39, 0.29) is 25.4 Å². The Morgan fingerprint density at radius 2 is 1.71 bits per heavy atom. The van der Waals surface area contributed by atoms with E-state index in [1.807, 2.05) is 60.7 Å². The second kappa shape index (κ2) is 15.3. The lowest BCUT2D eigenvalue weighted by atomic mass is 9.94. The first-order valence-electron chi connectivity index (χ1n) is 14.0. The maximum absolute atomic E-state index is 12.9. The summed E-state index contributed by atoms with van der Waals surface area (Å²) in [5.41, 5.74) is 4.10. The number of hydrogen-bond acceptors (Lipinski definition) is 4. The van der Waals surface area contributed by atoms with Crippen molar-refractivity contribution in [2.24, 2.45) is 5.92 Å². The molecule has 3 rings (SSSR count). The number of carboxylic acid groups (broad SMARTS) is 1. The van der Waals surface area contributed by atoms with Crippen molar-refractivity contribution >= 4 is 11.9 Å². The lowest BCUT2D eigenvalue weighted by Crippen LogP contribution is -2.26. The molecule has 3 aromatic carbocycles. The number of rotatable bonds is 15. The first kappa shape index (κ1) is 32.5. The summed E-state index contributed by atoms with van der Waals surface area (Å²) in [5.74, 6) is -0.341. The topological polar surface area (TPSA) is 76.1 Å². The highest BCUT2D eigenvalue weighted by Gasteiger charge is 2.26. The number of carbonyl (C=O) groups excluding carboxylic acids is 1. The minimum atomic E-state index is -4.27. The van der Waals surface area contributed by atoms with Gasteiger partial charge in [-0.1, -0.05) is 49.4 Å². The summed E-state index contributed by atoms with van der Waals surface area (Å²) in [4.78, 5) is 26.1. The molecule has 0 fully saturated rings. The summed E-state index contributed by atoms with van der Waals surface area (Å²) < 4.78 is 49.1. The summed E-state index contributed by atoms with van der Waals surface area (Å²) in [5, 5.41) is 9.47. The number of carboxylic acids is 1. The van der Waals surface area contributed by atoms with Gasteiger partial charge in [-0.2, -0.15) is 13.2 Å². The fourth-order valence-corrected chi connectivity index (χ4v) is 4.67. The SMILES string of the molecule is CCC(Cc1ccc(-c2cccc(CN(C)C(=O)CCc3cccc(OC)c3)c2)c(OCCCC(F)(F)F)c1)C(=O)O. The highest BCUT2D eigenvalue weighted by Crippen LogP contribution is 2.33. The molecule has 1 N–H and O–H groups in total. The quantitative estimate of drug-likeness (QED) is 0.189. The highest BCUT2D eigenvalue weighted by molar-refractivity contribution is 5.76. The van der Waals surface area contributed by atoms with Crippen molar-refractivity contribution in [1.82, 2.24) is 4.90 Å². The molecular formula is C33H38F3NO5. The van der Waals surface area contributed by atoms with E-state index >= 15 is 0 Å². The predicted octanol–water partition coefficient (Wildman–Crippen LogP) is 7.33. The second-order valence-electron chi connectivity index (χ2n) is 10.3. The van der Waals surface area contributed by atoms with Crippen LogP contribution in [0.25, 0.3) is 11.1 Å². The molecule has 3 aromatic rings. The molecule has 0 aliphatic rings. The lowest BCUT2D eigenvalue weighted by molar-refractivity contribution is -0.141. The molecule has 0 aromatic heterocycles. The van der Waals surface area contributed by atoms with Crippen molar-refractivity contribution in [3.63, 3.8) is 0 Å². The fourth-order valence-electron chi connectivity index (χ4n) is 4.67. The third kappa shape index (κ3) is 10.1. The van der Waals surface area contributed by atoms with Crippen LogP contribution >= 0.6 is 0 Å². The van der Waals surface area contributed by atoms with E-state index < -0.39 is 24.5 Å². The standard InChI is InChI=1S/C33H38F3NO5/c1-4-26(32(39)40)18-24-12-14-29(30(21-24)42-17-7-16-33(34,35)36)27-10-5-9-25(19-27)22-37(2)31(38)15-13-23-8-6-11-28(20-23)41-3/h5-6,8-12,14,19-21,26H,4,7,13,15-18,22H2,1-3H3,(H,39,40). The van der Waals surface area contributed by atoms with E-state index in [1.165, 1.54) is 0 Å². The summed E-state index contributed by atoms with van der Waals surface area (Å²) in [6, 6.07) is 20.5. The number of hydrogen-bond donors (Lipinski definition) is 1. The molecule has 6 nitrogen and oxygen atoms in total. The van der Waals surface area contributed by atoms with Crippen LogP contribution < -0.4 is 9.47 Å². The van der Waals surface area contributed by atoms with Gasteiger partial charge in [-0.05, 0) is 72.2 Å².